The molecule has 0 saturated carbocycles. The number of aryl methyl sites for hydroxylation is 1. The number of nitrogens with one attached hydrogen (secondary N) is 1. The molecule has 0 atom stereocenters. The lowest BCUT2D eigenvalue weighted by Crippen LogP contribution is -1.97. The molecule has 1 aromatic carbocycles. The fraction of sp³-hybridized carbons (Fsp3) is 0.333. The summed E-state index contributed by atoms with van der Waals surface area (Å²) >= 11 is 0. The minimum Gasteiger partial charge on any atom is -0.493 e. The van der Waals surface area contributed by atoms with Gasteiger partial charge in [0.25, 0.3) is 0 Å². The van der Waals surface area contributed by atoms with E-state index < -0.39 is 0 Å². The molecule has 0 aliphatic rings. The van der Waals surface area contributed by atoms with Crippen molar-refractivity contribution in [3.63, 3.8) is 0 Å². The summed E-state index contributed by atoms with van der Waals surface area (Å²) in [6.07, 6.45) is 1.77. The van der Waals surface area contributed by atoms with Gasteiger partial charge in [-0.1, -0.05) is 24.2 Å². The first-order valence-electron chi connectivity index (χ1n) is 6.92. The Kier molecular flexibility index (Phi) is 3.77. The normalized spacial score (nSPS) is 11.0. The van der Waals surface area contributed by atoms with Crippen molar-refractivity contribution in [3.05, 3.63) is 35.9 Å². The lowest BCUT2D eigenvalue weighted by Gasteiger charge is -1.99. The number of ether oxygens (including phenoxy) is 1. The Hall–Kier alpha value is -2.50. The van der Waals surface area contributed by atoms with Gasteiger partial charge >= 0.3 is 6.01 Å². The number of furan rings is 1. The summed E-state index contributed by atoms with van der Waals surface area (Å²) in [5, 5.41) is 12.0. The molecule has 0 aliphatic carbocycles. The molecule has 0 radical (unpaired) electrons. The van der Waals surface area contributed by atoms with Crippen molar-refractivity contribution in [1.82, 2.24) is 10.2 Å². The van der Waals surface area contributed by atoms with Crippen molar-refractivity contribution in [1.29, 1.82) is 0 Å². The van der Waals surface area contributed by atoms with Gasteiger partial charge in [0.05, 0.1) is 13.7 Å². The van der Waals surface area contributed by atoms with Gasteiger partial charge in [0.15, 0.2) is 11.3 Å². The zero-order chi connectivity index (χ0) is 14.7. The van der Waals surface area contributed by atoms with Crippen molar-refractivity contribution in [2.75, 3.05) is 12.4 Å². The smallest absolute Gasteiger partial charge is 0.315 e. The van der Waals surface area contributed by atoms with Crippen molar-refractivity contribution in [3.8, 4) is 5.75 Å². The molecule has 0 aliphatic heterocycles. The molecule has 6 heteroatoms. The molecule has 0 saturated heterocycles. The minimum absolute atomic E-state index is 0.408. The van der Waals surface area contributed by atoms with Crippen molar-refractivity contribution < 1.29 is 13.6 Å². The molecule has 1 N–H and O–H groups in total. The zero-order valence-corrected chi connectivity index (χ0v) is 12.0. The van der Waals surface area contributed by atoms with Gasteiger partial charge in [0.2, 0.25) is 5.89 Å². The molecule has 0 fully saturated rings. The average molecular weight is 287 g/mol. The third kappa shape index (κ3) is 2.84. The largest absolute Gasteiger partial charge is 0.493 e. The fourth-order valence-corrected chi connectivity index (χ4v) is 2.14. The van der Waals surface area contributed by atoms with Gasteiger partial charge in [-0.3, -0.25) is 0 Å². The van der Waals surface area contributed by atoms with Crippen LogP contribution in [0.15, 0.2) is 33.1 Å². The van der Waals surface area contributed by atoms with Crippen LogP contribution in [-0.4, -0.2) is 17.3 Å². The molecule has 2 aromatic heterocycles. The van der Waals surface area contributed by atoms with E-state index in [1.807, 2.05) is 24.3 Å². The van der Waals surface area contributed by atoms with Crippen molar-refractivity contribution in [2.24, 2.45) is 0 Å². The lowest BCUT2D eigenvalue weighted by molar-refractivity contribution is 0.408. The predicted octanol–water partition coefficient (Wildman–Crippen LogP) is 3.39. The third-order valence-corrected chi connectivity index (χ3v) is 3.12. The van der Waals surface area contributed by atoms with Crippen LogP contribution in [0.2, 0.25) is 0 Å². The molecule has 0 unspecified atom stereocenters. The molecule has 2 heterocycles. The first-order valence-corrected chi connectivity index (χ1v) is 6.92. The number of rotatable bonds is 6. The Morgan fingerprint density at radius 1 is 1.24 bits per heavy atom. The third-order valence-electron chi connectivity index (χ3n) is 3.12. The summed E-state index contributed by atoms with van der Waals surface area (Å²) in [4.78, 5) is 0. The summed E-state index contributed by atoms with van der Waals surface area (Å²) in [5.74, 6) is 2.15. The molecule has 6 nitrogen and oxygen atoms in total. The second kappa shape index (κ2) is 5.87. The molecule has 3 aromatic rings. The van der Waals surface area contributed by atoms with Crippen LogP contribution in [0.4, 0.5) is 6.01 Å². The maximum absolute atomic E-state index is 5.79. The Bertz CT molecular complexity index is 733. The zero-order valence-electron chi connectivity index (χ0n) is 12.0. The first kappa shape index (κ1) is 13.5. The highest BCUT2D eigenvalue weighted by Gasteiger charge is 2.10. The molecule has 0 amide bonds. The molecule has 0 spiro atoms. The minimum atomic E-state index is 0.408. The number of nitrogens with zero attached hydrogens (tertiary/aromatic N) is 2. The number of methoxy groups -OCH3 is 1. The van der Waals surface area contributed by atoms with E-state index in [0.717, 1.165) is 35.3 Å². The van der Waals surface area contributed by atoms with E-state index >= 15 is 0 Å². The van der Waals surface area contributed by atoms with Gasteiger partial charge in [-0.2, -0.15) is 0 Å². The van der Waals surface area contributed by atoms with Gasteiger partial charge in [0, 0.05) is 11.8 Å². The maximum Gasteiger partial charge on any atom is 0.315 e. The quantitative estimate of drug-likeness (QED) is 0.749. The Morgan fingerprint density at radius 3 is 2.95 bits per heavy atom. The number of benzene rings is 1. The summed E-state index contributed by atoms with van der Waals surface area (Å²) in [5.41, 5.74) is 0.744. The SMILES string of the molecule is CCCc1nnc(NCc2cc3cccc(OC)c3o2)o1. The second-order valence-corrected chi connectivity index (χ2v) is 4.70. The summed E-state index contributed by atoms with van der Waals surface area (Å²) in [6, 6.07) is 8.16. The molecule has 0 bridgehead atoms. The number of hydrogen-bond donors (Lipinski definition) is 1. The van der Waals surface area contributed by atoms with Gasteiger partial charge in [0.1, 0.15) is 5.76 Å². The lowest BCUT2D eigenvalue weighted by atomic mass is 10.2. The fourth-order valence-electron chi connectivity index (χ4n) is 2.14. The summed E-state index contributed by atoms with van der Waals surface area (Å²) in [6.45, 7) is 2.55. The van der Waals surface area contributed by atoms with Gasteiger partial charge < -0.3 is 18.9 Å². The second-order valence-electron chi connectivity index (χ2n) is 4.70. The van der Waals surface area contributed by atoms with Crippen LogP contribution in [0.3, 0.4) is 0 Å². The molecular weight excluding hydrogens is 270 g/mol. The standard InChI is InChI=1S/C15H17N3O3/c1-3-5-13-17-18-15(21-13)16-9-11-8-10-6-4-7-12(19-2)14(10)20-11/h4,6-8H,3,5,9H2,1-2H3,(H,16,18). The topological polar surface area (TPSA) is 73.3 Å². The maximum atomic E-state index is 5.79. The Labute approximate surface area is 122 Å². The van der Waals surface area contributed by atoms with E-state index in [1.165, 1.54) is 0 Å². The van der Waals surface area contributed by atoms with Crippen LogP contribution >= 0.6 is 0 Å². The van der Waals surface area contributed by atoms with Crippen LogP contribution in [0.25, 0.3) is 11.0 Å². The van der Waals surface area contributed by atoms with Gasteiger partial charge in [-0.25, -0.2) is 0 Å². The van der Waals surface area contributed by atoms with Crippen LogP contribution in [0, 0.1) is 0 Å². The van der Waals surface area contributed by atoms with E-state index in [-0.39, 0.29) is 0 Å². The van der Waals surface area contributed by atoms with E-state index in [9.17, 15) is 0 Å². The number of hydrogen-bond acceptors (Lipinski definition) is 6. The molecule has 3 rings (SSSR count). The highest BCUT2D eigenvalue weighted by atomic mass is 16.5. The molecule has 110 valence electrons. The molecular formula is C15H17N3O3. The van der Waals surface area contributed by atoms with E-state index in [2.05, 4.69) is 22.4 Å². The van der Waals surface area contributed by atoms with E-state index in [4.69, 9.17) is 13.6 Å². The van der Waals surface area contributed by atoms with Crippen molar-refractivity contribution in [2.45, 2.75) is 26.3 Å². The van der Waals surface area contributed by atoms with E-state index in [1.54, 1.807) is 7.11 Å². The van der Waals surface area contributed by atoms with E-state index in [0.29, 0.717) is 18.5 Å². The Morgan fingerprint density at radius 2 is 2.14 bits per heavy atom. The summed E-state index contributed by atoms with van der Waals surface area (Å²) in [7, 11) is 1.63. The van der Waals surface area contributed by atoms with Gasteiger partial charge in [-0.15, -0.1) is 5.10 Å². The molecule has 21 heavy (non-hydrogen) atoms. The average Bonchev–Trinajstić information content (AvgIpc) is 3.11. The number of para-hydroxylation sites is 1. The number of anilines is 1. The van der Waals surface area contributed by atoms with Crippen molar-refractivity contribution >= 4 is 17.0 Å². The van der Waals surface area contributed by atoms with Gasteiger partial charge in [-0.05, 0) is 18.6 Å². The number of fused-ring (bicyclic) bond motifs is 1. The highest BCUT2D eigenvalue weighted by Crippen LogP contribution is 2.28. The van der Waals surface area contributed by atoms with Crippen LogP contribution in [0.5, 0.6) is 5.75 Å². The number of aromatic nitrogens is 2. The predicted molar refractivity (Wildman–Crippen MR) is 78.4 cm³/mol. The first-order chi connectivity index (χ1) is 10.3. The van der Waals surface area contributed by atoms with Crippen LogP contribution in [0.1, 0.15) is 25.0 Å². The highest BCUT2D eigenvalue weighted by molar-refractivity contribution is 5.83. The monoisotopic (exact) mass is 287 g/mol. The van der Waals surface area contributed by atoms with Crippen LogP contribution < -0.4 is 10.1 Å². The van der Waals surface area contributed by atoms with Crippen LogP contribution in [-0.2, 0) is 13.0 Å². The summed E-state index contributed by atoms with van der Waals surface area (Å²) < 4.78 is 16.5. The Balaban J connectivity index is 1.72.